The minimum Gasteiger partial charge on any atom is -0.326 e. The Hall–Kier alpha value is -0.560. The third-order valence-electron chi connectivity index (χ3n) is 3.02. The third kappa shape index (κ3) is 2.09. The Morgan fingerprint density at radius 1 is 1.50 bits per heavy atom. The van der Waals surface area contributed by atoms with Crippen molar-refractivity contribution < 1.29 is 4.79 Å². The predicted octanol–water partition coefficient (Wildman–Crippen LogP) is 2.07. The highest BCUT2D eigenvalue weighted by atomic mass is 79.9. The molecule has 1 aliphatic rings. The summed E-state index contributed by atoms with van der Waals surface area (Å²) in [5, 5.41) is 9.50. The molecule has 4 heteroatoms. The number of hydrogen-bond acceptors (Lipinski definition) is 2. The van der Waals surface area contributed by atoms with Crippen LogP contribution < -0.4 is 0 Å². The van der Waals surface area contributed by atoms with Crippen molar-refractivity contribution in [2.24, 2.45) is 0 Å². The van der Waals surface area contributed by atoms with Crippen LogP contribution in [0.1, 0.15) is 32.1 Å². The van der Waals surface area contributed by atoms with Crippen LogP contribution in [0, 0.1) is 11.3 Å². The summed E-state index contributed by atoms with van der Waals surface area (Å²) in [5.74, 6) is -0.00606. The molecule has 1 fully saturated rings. The van der Waals surface area contributed by atoms with Crippen LogP contribution in [0.15, 0.2) is 0 Å². The standard InChI is InChI=1S/C10H15BrN2O/c1-13(9(14)7-11)10(8-12)5-3-2-4-6-10/h2-7H2,1H3. The molecular weight excluding hydrogens is 244 g/mol. The number of rotatable bonds is 2. The zero-order chi connectivity index (χ0) is 10.6. The Bertz CT molecular complexity index is 253. The van der Waals surface area contributed by atoms with Crippen LogP contribution in [0.25, 0.3) is 0 Å². The van der Waals surface area contributed by atoms with Crippen LogP contribution in [0.4, 0.5) is 0 Å². The number of halogens is 1. The summed E-state index contributed by atoms with van der Waals surface area (Å²) >= 11 is 3.13. The van der Waals surface area contributed by atoms with Gasteiger partial charge in [-0.1, -0.05) is 35.2 Å². The zero-order valence-corrected chi connectivity index (χ0v) is 10.0. The molecule has 1 amide bonds. The molecule has 0 atom stereocenters. The van der Waals surface area contributed by atoms with Crippen molar-refractivity contribution in [2.75, 3.05) is 12.4 Å². The quantitative estimate of drug-likeness (QED) is 0.712. The van der Waals surface area contributed by atoms with Gasteiger partial charge in [-0.15, -0.1) is 0 Å². The van der Waals surface area contributed by atoms with Gasteiger partial charge in [0.1, 0.15) is 5.54 Å². The molecule has 0 N–H and O–H groups in total. The fourth-order valence-electron chi connectivity index (χ4n) is 1.99. The number of hydrogen-bond donors (Lipinski definition) is 0. The van der Waals surface area contributed by atoms with Crippen LogP contribution in [-0.4, -0.2) is 28.7 Å². The van der Waals surface area contributed by atoms with E-state index < -0.39 is 5.54 Å². The van der Waals surface area contributed by atoms with Crippen LogP contribution in [0.3, 0.4) is 0 Å². The molecule has 14 heavy (non-hydrogen) atoms. The lowest BCUT2D eigenvalue weighted by molar-refractivity contribution is -0.131. The molecule has 0 aliphatic heterocycles. The summed E-state index contributed by atoms with van der Waals surface area (Å²) in [6.07, 6.45) is 4.91. The Balaban J connectivity index is 2.78. The van der Waals surface area contributed by atoms with Gasteiger partial charge in [-0.25, -0.2) is 0 Å². The summed E-state index contributed by atoms with van der Waals surface area (Å²) in [6.45, 7) is 0. The smallest absolute Gasteiger partial charge is 0.234 e. The van der Waals surface area contributed by atoms with E-state index in [0.29, 0.717) is 5.33 Å². The molecule has 78 valence electrons. The van der Waals surface area contributed by atoms with Gasteiger partial charge in [-0.3, -0.25) is 4.79 Å². The van der Waals surface area contributed by atoms with Crippen molar-refractivity contribution in [2.45, 2.75) is 37.6 Å². The van der Waals surface area contributed by atoms with E-state index in [1.807, 2.05) is 0 Å². The van der Waals surface area contributed by atoms with Crippen molar-refractivity contribution in [3.05, 3.63) is 0 Å². The first-order valence-electron chi connectivity index (χ1n) is 4.90. The molecule has 0 aromatic heterocycles. The van der Waals surface area contributed by atoms with Crippen LogP contribution in [-0.2, 0) is 4.79 Å². The molecule has 1 aliphatic carbocycles. The van der Waals surface area contributed by atoms with Gasteiger partial charge in [-0.2, -0.15) is 5.26 Å². The molecule has 0 aromatic carbocycles. The van der Waals surface area contributed by atoms with Crippen molar-refractivity contribution in [1.29, 1.82) is 5.26 Å². The molecule has 3 nitrogen and oxygen atoms in total. The van der Waals surface area contributed by atoms with Gasteiger partial charge >= 0.3 is 0 Å². The van der Waals surface area contributed by atoms with Gasteiger partial charge in [0.25, 0.3) is 0 Å². The first kappa shape index (κ1) is 11.5. The molecule has 0 spiro atoms. The Morgan fingerprint density at radius 3 is 2.50 bits per heavy atom. The van der Waals surface area contributed by atoms with Gasteiger partial charge in [0.2, 0.25) is 5.91 Å². The predicted molar refractivity (Wildman–Crippen MR) is 58.0 cm³/mol. The SMILES string of the molecule is CN(C(=O)CBr)C1(C#N)CCCCC1. The van der Waals surface area contributed by atoms with Gasteiger partial charge < -0.3 is 4.90 Å². The molecule has 0 unspecified atom stereocenters. The van der Waals surface area contributed by atoms with Gasteiger partial charge in [0.15, 0.2) is 0 Å². The maximum atomic E-state index is 11.5. The second kappa shape index (κ2) is 4.79. The average molecular weight is 259 g/mol. The molecule has 0 saturated heterocycles. The number of nitrogens with zero attached hydrogens (tertiary/aromatic N) is 2. The molecule has 0 bridgehead atoms. The topological polar surface area (TPSA) is 44.1 Å². The van der Waals surface area contributed by atoms with Crippen LogP contribution >= 0.6 is 15.9 Å². The molecule has 1 rings (SSSR count). The van der Waals surface area contributed by atoms with E-state index in [1.54, 1.807) is 11.9 Å². The van der Waals surface area contributed by atoms with Gasteiger partial charge in [0.05, 0.1) is 11.4 Å². The van der Waals surface area contributed by atoms with E-state index >= 15 is 0 Å². The largest absolute Gasteiger partial charge is 0.326 e. The highest BCUT2D eigenvalue weighted by Crippen LogP contribution is 2.32. The van der Waals surface area contributed by atoms with E-state index in [1.165, 1.54) is 6.42 Å². The highest BCUT2D eigenvalue weighted by molar-refractivity contribution is 9.09. The number of alkyl halides is 1. The third-order valence-corrected chi connectivity index (χ3v) is 3.50. The van der Waals surface area contributed by atoms with Crippen molar-refractivity contribution in [1.82, 2.24) is 4.90 Å². The molecule has 1 saturated carbocycles. The Labute approximate surface area is 93.2 Å². The fourth-order valence-corrected chi connectivity index (χ4v) is 2.36. The molecular formula is C10H15BrN2O. The summed E-state index contributed by atoms with van der Waals surface area (Å²) in [4.78, 5) is 13.1. The Kier molecular flexibility index (Phi) is 3.94. The van der Waals surface area contributed by atoms with Crippen molar-refractivity contribution in [3.8, 4) is 6.07 Å². The van der Waals surface area contributed by atoms with Crippen LogP contribution in [0.2, 0.25) is 0 Å². The summed E-state index contributed by atoms with van der Waals surface area (Å²) in [6, 6.07) is 2.32. The minimum absolute atomic E-state index is 0.00606. The summed E-state index contributed by atoms with van der Waals surface area (Å²) in [5.41, 5.74) is -0.539. The first-order valence-corrected chi connectivity index (χ1v) is 6.02. The molecule has 0 aromatic rings. The second-order valence-corrected chi connectivity index (χ2v) is 4.35. The highest BCUT2D eigenvalue weighted by Gasteiger charge is 2.38. The van der Waals surface area contributed by atoms with E-state index in [0.717, 1.165) is 25.7 Å². The lowest BCUT2D eigenvalue weighted by Crippen LogP contribution is -2.50. The molecule has 0 radical (unpaired) electrons. The lowest BCUT2D eigenvalue weighted by Gasteiger charge is -2.38. The van der Waals surface area contributed by atoms with Gasteiger partial charge in [0, 0.05) is 7.05 Å². The van der Waals surface area contributed by atoms with Crippen LogP contribution in [0.5, 0.6) is 0 Å². The Morgan fingerprint density at radius 2 is 2.07 bits per heavy atom. The first-order chi connectivity index (χ1) is 6.66. The van der Waals surface area contributed by atoms with E-state index in [4.69, 9.17) is 0 Å². The monoisotopic (exact) mass is 258 g/mol. The second-order valence-electron chi connectivity index (χ2n) is 3.79. The van der Waals surface area contributed by atoms with Gasteiger partial charge in [-0.05, 0) is 12.8 Å². The van der Waals surface area contributed by atoms with Crippen molar-refractivity contribution >= 4 is 21.8 Å². The average Bonchev–Trinajstić information content (AvgIpc) is 2.28. The number of carbonyl (C=O) groups excluding carboxylic acids is 1. The summed E-state index contributed by atoms with van der Waals surface area (Å²) in [7, 11) is 1.73. The number of nitriles is 1. The van der Waals surface area contributed by atoms with Crippen molar-refractivity contribution in [3.63, 3.8) is 0 Å². The number of carbonyl (C=O) groups is 1. The number of amides is 1. The maximum absolute atomic E-state index is 11.5. The molecule has 0 heterocycles. The summed E-state index contributed by atoms with van der Waals surface area (Å²) < 4.78 is 0. The normalized spacial score (nSPS) is 19.8. The zero-order valence-electron chi connectivity index (χ0n) is 8.42. The maximum Gasteiger partial charge on any atom is 0.234 e. The van der Waals surface area contributed by atoms with E-state index in [-0.39, 0.29) is 5.91 Å². The lowest BCUT2D eigenvalue weighted by atomic mass is 9.81. The fraction of sp³-hybridized carbons (Fsp3) is 0.800. The van der Waals surface area contributed by atoms with E-state index in [9.17, 15) is 10.1 Å². The van der Waals surface area contributed by atoms with E-state index in [2.05, 4.69) is 22.0 Å². The minimum atomic E-state index is -0.539.